The van der Waals surface area contributed by atoms with E-state index in [1.54, 1.807) is 0 Å². The number of ketones is 1. The van der Waals surface area contributed by atoms with E-state index in [4.69, 9.17) is 15.2 Å². The standard InChI is InChI=1S/C25H33N7O5/c1-25(2,3)15-6-8-16(9-7-15)30-24(35)36-11-5-10-31(4)12-17-19(33)20(34)23(37-17)32-14-29-18-21(26)27-13-28-22(18)32/h6-9,13-14,17,20,23,34H,5,10-12H2,1-4H3,(H,30,35)(H2,26,27,28). The number of amides is 1. The quantitative estimate of drug-likeness (QED) is 0.382. The van der Waals surface area contributed by atoms with Crippen molar-refractivity contribution in [3.8, 4) is 0 Å². The highest BCUT2D eigenvalue weighted by atomic mass is 16.6. The number of aromatic nitrogens is 4. The molecule has 3 heterocycles. The average Bonchev–Trinajstić information content (AvgIpc) is 3.39. The summed E-state index contributed by atoms with van der Waals surface area (Å²) in [7, 11) is 1.83. The molecule has 1 aliphatic rings. The third-order valence-corrected chi connectivity index (χ3v) is 6.24. The number of aliphatic hydroxyl groups is 1. The van der Waals surface area contributed by atoms with Crippen LogP contribution in [0.5, 0.6) is 0 Å². The number of Topliss-reactive ketones (excluding diaryl/α,β-unsaturated/α-hetero) is 1. The van der Waals surface area contributed by atoms with Crippen LogP contribution in [0.15, 0.2) is 36.9 Å². The molecule has 4 rings (SSSR count). The van der Waals surface area contributed by atoms with Crippen LogP contribution in [-0.4, -0.2) is 80.4 Å². The Balaban J connectivity index is 1.22. The number of fused-ring (bicyclic) bond motifs is 1. The number of anilines is 2. The van der Waals surface area contributed by atoms with Crippen molar-refractivity contribution in [3.63, 3.8) is 0 Å². The molecule has 1 saturated heterocycles. The monoisotopic (exact) mass is 511 g/mol. The molecular weight excluding hydrogens is 478 g/mol. The number of hydrogen-bond acceptors (Lipinski definition) is 10. The number of ether oxygens (including phenoxy) is 2. The predicted molar refractivity (Wildman–Crippen MR) is 137 cm³/mol. The molecule has 1 amide bonds. The van der Waals surface area contributed by atoms with Crippen LogP contribution in [0.25, 0.3) is 11.2 Å². The van der Waals surface area contributed by atoms with Crippen LogP contribution in [0.1, 0.15) is 39.0 Å². The second-order valence-electron chi connectivity index (χ2n) is 10.1. The van der Waals surface area contributed by atoms with Gasteiger partial charge in [-0.05, 0) is 36.6 Å². The van der Waals surface area contributed by atoms with Crippen molar-refractivity contribution in [1.29, 1.82) is 0 Å². The highest BCUT2D eigenvalue weighted by Crippen LogP contribution is 2.30. The summed E-state index contributed by atoms with van der Waals surface area (Å²) in [5, 5.41) is 13.2. The van der Waals surface area contributed by atoms with E-state index >= 15 is 0 Å². The Morgan fingerprint density at radius 1 is 1.24 bits per heavy atom. The van der Waals surface area contributed by atoms with Gasteiger partial charge in [-0.1, -0.05) is 32.9 Å². The van der Waals surface area contributed by atoms with E-state index in [1.165, 1.54) is 22.8 Å². The highest BCUT2D eigenvalue weighted by molar-refractivity contribution is 5.90. The van der Waals surface area contributed by atoms with Crippen LogP contribution in [0.2, 0.25) is 0 Å². The molecule has 4 N–H and O–H groups in total. The first kappa shape index (κ1) is 26.5. The topological polar surface area (TPSA) is 158 Å². The number of aliphatic hydroxyl groups excluding tert-OH is 1. The van der Waals surface area contributed by atoms with E-state index in [1.807, 2.05) is 36.2 Å². The van der Waals surface area contributed by atoms with E-state index < -0.39 is 30.3 Å². The van der Waals surface area contributed by atoms with Crippen molar-refractivity contribution < 1.29 is 24.2 Å². The van der Waals surface area contributed by atoms with Crippen LogP contribution in [-0.2, 0) is 19.7 Å². The van der Waals surface area contributed by atoms with Gasteiger partial charge in [0.25, 0.3) is 0 Å². The SMILES string of the molecule is CN(CCCOC(=O)Nc1ccc(C(C)(C)C)cc1)CC1OC(n2cnc3c(N)ncnc32)C(O)C1=O. The lowest BCUT2D eigenvalue weighted by Crippen LogP contribution is -2.35. The molecule has 3 atom stereocenters. The number of nitrogens with zero attached hydrogens (tertiary/aromatic N) is 5. The van der Waals surface area contributed by atoms with Gasteiger partial charge in [-0.25, -0.2) is 19.7 Å². The lowest BCUT2D eigenvalue weighted by Gasteiger charge is -2.20. The predicted octanol–water partition coefficient (Wildman–Crippen LogP) is 2.10. The third kappa shape index (κ3) is 6.04. The van der Waals surface area contributed by atoms with E-state index in [0.717, 1.165) is 0 Å². The van der Waals surface area contributed by atoms with Gasteiger partial charge in [-0.3, -0.25) is 14.7 Å². The van der Waals surface area contributed by atoms with Gasteiger partial charge in [-0.2, -0.15) is 0 Å². The Labute approximate surface area is 214 Å². The number of likely N-dealkylation sites (N-methyl/N-ethyl adjacent to an activating group) is 1. The van der Waals surface area contributed by atoms with Crippen LogP contribution in [0, 0.1) is 0 Å². The smallest absolute Gasteiger partial charge is 0.411 e. The lowest BCUT2D eigenvalue weighted by molar-refractivity contribution is -0.127. The fourth-order valence-electron chi connectivity index (χ4n) is 4.13. The average molecular weight is 512 g/mol. The minimum atomic E-state index is -1.36. The Kier molecular flexibility index (Phi) is 7.71. The molecule has 0 saturated carbocycles. The first-order valence-corrected chi connectivity index (χ1v) is 12.1. The van der Waals surface area contributed by atoms with Crippen molar-refractivity contribution in [2.75, 3.05) is 37.8 Å². The first-order valence-electron chi connectivity index (χ1n) is 12.1. The summed E-state index contributed by atoms with van der Waals surface area (Å²) in [6.07, 6.45) is -0.418. The van der Waals surface area contributed by atoms with E-state index in [-0.39, 0.29) is 24.4 Å². The van der Waals surface area contributed by atoms with Gasteiger partial charge in [0.15, 0.2) is 29.6 Å². The molecule has 0 aliphatic carbocycles. The summed E-state index contributed by atoms with van der Waals surface area (Å²) in [6, 6.07) is 7.67. The van der Waals surface area contributed by atoms with Crippen LogP contribution >= 0.6 is 0 Å². The third-order valence-electron chi connectivity index (χ3n) is 6.24. The maximum Gasteiger partial charge on any atom is 0.411 e. The van der Waals surface area contributed by atoms with Gasteiger partial charge in [0.2, 0.25) is 0 Å². The number of carbonyl (C=O) groups excluding carboxylic acids is 2. The minimum absolute atomic E-state index is 0.0373. The molecule has 0 spiro atoms. The Morgan fingerprint density at radius 3 is 2.68 bits per heavy atom. The molecule has 12 nitrogen and oxygen atoms in total. The van der Waals surface area contributed by atoms with Crippen molar-refractivity contribution in [1.82, 2.24) is 24.4 Å². The van der Waals surface area contributed by atoms with E-state index in [0.29, 0.717) is 29.8 Å². The van der Waals surface area contributed by atoms with Gasteiger partial charge in [0, 0.05) is 18.8 Å². The normalized spacial score (nSPS) is 20.1. The van der Waals surface area contributed by atoms with Gasteiger partial charge >= 0.3 is 6.09 Å². The molecule has 1 aromatic carbocycles. The molecule has 1 aliphatic heterocycles. The molecule has 0 radical (unpaired) electrons. The molecule has 198 valence electrons. The first-order chi connectivity index (χ1) is 17.5. The number of nitrogens with two attached hydrogens (primary N) is 1. The van der Waals surface area contributed by atoms with Crippen molar-refractivity contribution in [2.24, 2.45) is 0 Å². The number of nitrogens with one attached hydrogen (secondary N) is 1. The molecule has 3 unspecified atom stereocenters. The lowest BCUT2D eigenvalue weighted by atomic mass is 9.87. The number of carbonyl (C=O) groups is 2. The van der Waals surface area contributed by atoms with Crippen molar-refractivity contribution in [3.05, 3.63) is 42.5 Å². The van der Waals surface area contributed by atoms with Gasteiger partial charge in [0.05, 0.1) is 12.9 Å². The van der Waals surface area contributed by atoms with Crippen LogP contribution in [0.4, 0.5) is 16.3 Å². The summed E-state index contributed by atoms with van der Waals surface area (Å²) < 4.78 is 12.6. The zero-order valence-electron chi connectivity index (χ0n) is 21.4. The second kappa shape index (κ2) is 10.8. The van der Waals surface area contributed by atoms with Gasteiger partial charge in [-0.15, -0.1) is 0 Å². The fourth-order valence-corrected chi connectivity index (χ4v) is 4.13. The largest absolute Gasteiger partial charge is 0.449 e. The molecule has 1 fully saturated rings. The molecular formula is C25H33N7O5. The zero-order valence-corrected chi connectivity index (χ0v) is 21.4. The maximum atomic E-state index is 12.6. The van der Waals surface area contributed by atoms with Crippen molar-refractivity contribution >= 4 is 34.5 Å². The maximum absolute atomic E-state index is 12.6. The molecule has 3 aromatic rings. The van der Waals surface area contributed by atoms with Crippen molar-refractivity contribution in [2.45, 2.75) is 51.0 Å². The minimum Gasteiger partial charge on any atom is -0.449 e. The zero-order chi connectivity index (χ0) is 26.7. The summed E-state index contributed by atoms with van der Waals surface area (Å²) in [5.74, 6) is -0.220. The molecule has 2 aromatic heterocycles. The van der Waals surface area contributed by atoms with Gasteiger partial charge in [0.1, 0.15) is 17.9 Å². The Hall–Kier alpha value is -3.61. The summed E-state index contributed by atoms with van der Waals surface area (Å²) in [4.78, 5) is 38.8. The molecule has 37 heavy (non-hydrogen) atoms. The number of benzene rings is 1. The van der Waals surface area contributed by atoms with E-state index in [9.17, 15) is 14.7 Å². The number of nitrogen functional groups attached to an aromatic ring is 1. The molecule has 12 heteroatoms. The highest BCUT2D eigenvalue weighted by Gasteiger charge is 2.44. The van der Waals surface area contributed by atoms with Gasteiger partial charge < -0.3 is 25.2 Å². The summed E-state index contributed by atoms with van der Waals surface area (Å²) in [6.45, 7) is 7.42. The Morgan fingerprint density at radius 2 is 1.97 bits per heavy atom. The summed E-state index contributed by atoms with van der Waals surface area (Å²) >= 11 is 0. The summed E-state index contributed by atoms with van der Waals surface area (Å²) in [5.41, 5.74) is 8.45. The Bertz CT molecular complexity index is 1250. The fraction of sp³-hybridized carbons (Fsp3) is 0.480. The second-order valence-corrected chi connectivity index (χ2v) is 10.1. The number of hydrogen-bond donors (Lipinski definition) is 3. The number of rotatable bonds is 8. The molecule has 0 bridgehead atoms. The van der Waals surface area contributed by atoms with E-state index in [2.05, 4.69) is 41.0 Å². The van der Waals surface area contributed by atoms with Crippen LogP contribution in [0.3, 0.4) is 0 Å². The number of imidazole rings is 1. The van der Waals surface area contributed by atoms with Crippen LogP contribution < -0.4 is 11.1 Å².